The van der Waals surface area contributed by atoms with Gasteiger partial charge in [-0.2, -0.15) is 0 Å². The highest BCUT2D eigenvalue weighted by atomic mass is 35.5. The van der Waals surface area contributed by atoms with E-state index in [9.17, 15) is 9.59 Å². The van der Waals surface area contributed by atoms with Crippen molar-refractivity contribution in [1.82, 2.24) is 0 Å². The van der Waals surface area contributed by atoms with Crippen molar-refractivity contribution in [3.8, 4) is 0 Å². The Hall–Kier alpha value is -2.33. The van der Waals surface area contributed by atoms with Crippen LogP contribution in [-0.4, -0.2) is 17.0 Å². The standard InChI is InChI=1S/C16H14ClNO3/c1-10-4-2-5-11(8-10)9-14(19)18-13-7-3-6-12(17)15(13)16(20)21/h2-8H,9H2,1H3,(H,18,19)(H,20,21). The molecule has 0 bridgehead atoms. The molecule has 4 nitrogen and oxygen atoms in total. The molecule has 0 fully saturated rings. The summed E-state index contributed by atoms with van der Waals surface area (Å²) in [5.41, 5.74) is 2.03. The average molecular weight is 304 g/mol. The van der Waals surface area contributed by atoms with Crippen molar-refractivity contribution in [1.29, 1.82) is 0 Å². The summed E-state index contributed by atoms with van der Waals surface area (Å²) in [6.07, 6.45) is 0.174. The molecule has 108 valence electrons. The summed E-state index contributed by atoms with van der Waals surface area (Å²) in [5.74, 6) is -1.46. The molecule has 2 aromatic carbocycles. The number of hydrogen-bond donors (Lipinski definition) is 2. The van der Waals surface area contributed by atoms with Gasteiger partial charge in [0.15, 0.2) is 0 Å². The lowest BCUT2D eigenvalue weighted by atomic mass is 10.1. The Bertz CT molecular complexity index is 698. The van der Waals surface area contributed by atoms with Gasteiger partial charge in [-0.25, -0.2) is 4.79 Å². The molecule has 21 heavy (non-hydrogen) atoms. The van der Waals surface area contributed by atoms with Crippen LogP contribution in [-0.2, 0) is 11.2 Å². The summed E-state index contributed by atoms with van der Waals surface area (Å²) in [5, 5.41) is 11.8. The number of benzene rings is 2. The van der Waals surface area contributed by atoms with Gasteiger partial charge in [0.25, 0.3) is 0 Å². The van der Waals surface area contributed by atoms with E-state index in [1.165, 1.54) is 12.1 Å². The molecule has 0 saturated heterocycles. The highest BCUT2D eigenvalue weighted by Crippen LogP contribution is 2.24. The predicted octanol–water partition coefficient (Wildman–Crippen LogP) is 3.53. The Morgan fingerprint density at radius 1 is 1.19 bits per heavy atom. The third-order valence-electron chi connectivity index (χ3n) is 2.95. The SMILES string of the molecule is Cc1cccc(CC(=O)Nc2cccc(Cl)c2C(=O)O)c1. The number of aromatic carboxylic acids is 1. The topological polar surface area (TPSA) is 66.4 Å². The van der Waals surface area contributed by atoms with Gasteiger partial charge in [-0.05, 0) is 24.6 Å². The van der Waals surface area contributed by atoms with E-state index in [0.717, 1.165) is 11.1 Å². The average Bonchev–Trinajstić information content (AvgIpc) is 2.37. The summed E-state index contributed by atoms with van der Waals surface area (Å²) in [7, 11) is 0. The van der Waals surface area contributed by atoms with Crippen molar-refractivity contribution in [2.75, 3.05) is 5.32 Å². The van der Waals surface area contributed by atoms with Crippen LogP contribution in [0, 0.1) is 6.92 Å². The lowest BCUT2D eigenvalue weighted by molar-refractivity contribution is -0.115. The van der Waals surface area contributed by atoms with E-state index in [-0.39, 0.29) is 28.6 Å². The van der Waals surface area contributed by atoms with E-state index in [4.69, 9.17) is 16.7 Å². The number of carboxylic acids is 1. The minimum atomic E-state index is -1.17. The zero-order chi connectivity index (χ0) is 15.4. The largest absolute Gasteiger partial charge is 0.478 e. The molecule has 0 aliphatic rings. The molecule has 0 aliphatic carbocycles. The molecular formula is C16H14ClNO3. The van der Waals surface area contributed by atoms with Gasteiger partial charge >= 0.3 is 5.97 Å². The van der Waals surface area contributed by atoms with E-state index in [2.05, 4.69) is 5.32 Å². The maximum atomic E-state index is 12.0. The molecule has 2 aromatic rings. The number of carbonyl (C=O) groups excluding carboxylic acids is 1. The molecule has 0 aromatic heterocycles. The third-order valence-corrected chi connectivity index (χ3v) is 3.26. The van der Waals surface area contributed by atoms with Gasteiger partial charge in [0.05, 0.1) is 17.1 Å². The second-order valence-electron chi connectivity index (χ2n) is 4.68. The second-order valence-corrected chi connectivity index (χ2v) is 5.09. The molecule has 0 heterocycles. The maximum absolute atomic E-state index is 12.0. The quantitative estimate of drug-likeness (QED) is 0.908. The molecule has 2 N–H and O–H groups in total. The zero-order valence-corrected chi connectivity index (χ0v) is 12.1. The first-order valence-corrected chi connectivity index (χ1v) is 6.72. The van der Waals surface area contributed by atoms with Crippen molar-refractivity contribution in [2.24, 2.45) is 0 Å². The summed E-state index contributed by atoms with van der Waals surface area (Å²) in [4.78, 5) is 23.2. The van der Waals surface area contributed by atoms with E-state index in [0.29, 0.717) is 0 Å². The number of rotatable bonds is 4. The van der Waals surface area contributed by atoms with Gasteiger partial charge < -0.3 is 10.4 Å². The van der Waals surface area contributed by atoms with Crippen molar-refractivity contribution in [2.45, 2.75) is 13.3 Å². The summed E-state index contributed by atoms with van der Waals surface area (Å²) >= 11 is 5.86. The number of amides is 1. The van der Waals surface area contributed by atoms with E-state index in [1.807, 2.05) is 31.2 Å². The number of halogens is 1. The predicted molar refractivity (Wildman–Crippen MR) is 81.9 cm³/mol. The fourth-order valence-electron chi connectivity index (χ4n) is 2.05. The Kier molecular flexibility index (Phi) is 4.60. The van der Waals surface area contributed by atoms with Crippen LogP contribution < -0.4 is 5.32 Å². The van der Waals surface area contributed by atoms with Crippen LogP contribution in [0.1, 0.15) is 21.5 Å². The van der Waals surface area contributed by atoms with Crippen LogP contribution in [0.5, 0.6) is 0 Å². The van der Waals surface area contributed by atoms with Gasteiger partial charge in [-0.1, -0.05) is 47.5 Å². The summed E-state index contributed by atoms with van der Waals surface area (Å²) < 4.78 is 0. The van der Waals surface area contributed by atoms with E-state index in [1.54, 1.807) is 6.07 Å². The molecule has 5 heteroatoms. The summed E-state index contributed by atoms with van der Waals surface area (Å²) in [6.45, 7) is 1.95. The van der Waals surface area contributed by atoms with E-state index >= 15 is 0 Å². The van der Waals surface area contributed by atoms with Gasteiger partial charge in [0.2, 0.25) is 5.91 Å². The number of anilines is 1. The Balaban J connectivity index is 2.17. The first-order chi connectivity index (χ1) is 9.97. The molecule has 0 spiro atoms. The third kappa shape index (κ3) is 3.83. The maximum Gasteiger partial charge on any atom is 0.339 e. The molecule has 1 amide bonds. The monoisotopic (exact) mass is 303 g/mol. The fraction of sp³-hybridized carbons (Fsp3) is 0.125. The second kappa shape index (κ2) is 6.41. The van der Waals surface area contributed by atoms with Crippen LogP contribution in [0.3, 0.4) is 0 Å². The molecular weight excluding hydrogens is 290 g/mol. The normalized spacial score (nSPS) is 10.2. The Morgan fingerprint density at radius 3 is 2.57 bits per heavy atom. The van der Waals surface area contributed by atoms with Crippen molar-refractivity contribution in [3.05, 3.63) is 64.2 Å². The van der Waals surface area contributed by atoms with Crippen LogP contribution in [0.2, 0.25) is 5.02 Å². The van der Waals surface area contributed by atoms with Crippen molar-refractivity contribution in [3.63, 3.8) is 0 Å². The van der Waals surface area contributed by atoms with Gasteiger partial charge in [-0.15, -0.1) is 0 Å². The first kappa shape index (κ1) is 15.1. The Labute approximate surface area is 127 Å². The van der Waals surface area contributed by atoms with Gasteiger partial charge in [0, 0.05) is 0 Å². The molecule has 0 aliphatic heterocycles. The van der Waals surface area contributed by atoms with Gasteiger partial charge in [-0.3, -0.25) is 4.79 Å². The fourth-order valence-corrected chi connectivity index (χ4v) is 2.30. The highest BCUT2D eigenvalue weighted by Gasteiger charge is 2.16. The number of nitrogens with one attached hydrogen (secondary N) is 1. The van der Waals surface area contributed by atoms with Crippen LogP contribution in [0.25, 0.3) is 0 Å². The number of carbonyl (C=O) groups is 2. The zero-order valence-electron chi connectivity index (χ0n) is 11.4. The minimum Gasteiger partial charge on any atom is -0.478 e. The van der Waals surface area contributed by atoms with Crippen LogP contribution in [0.4, 0.5) is 5.69 Å². The Morgan fingerprint density at radius 2 is 1.90 bits per heavy atom. The van der Waals surface area contributed by atoms with Crippen molar-refractivity contribution < 1.29 is 14.7 Å². The molecule has 0 radical (unpaired) electrons. The minimum absolute atomic E-state index is 0.0934. The lowest BCUT2D eigenvalue weighted by Crippen LogP contribution is -2.17. The van der Waals surface area contributed by atoms with Crippen molar-refractivity contribution >= 4 is 29.2 Å². The smallest absolute Gasteiger partial charge is 0.339 e. The highest BCUT2D eigenvalue weighted by molar-refractivity contribution is 6.34. The molecule has 0 atom stereocenters. The van der Waals surface area contributed by atoms with Gasteiger partial charge in [0.1, 0.15) is 5.56 Å². The number of aryl methyl sites for hydroxylation is 1. The molecule has 0 unspecified atom stereocenters. The number of carboxylic acid groups (broad SMARTS) is 1. The van der Waals surface area contributed by atoms with Crippen LogP contribution in [0.15, 0.2) is 42.5 Å². The lowest BCUT2D eigenvalue weighted by Gasteiger charge is -2.10. The van der Waals surface area contributed by atoms with E-state index < -0.39 is 5.97 Å². The first-order valence-electron chi connectivity index (χ1n) is 6.34. The van der Waals surface area contributed by atoms with Crippen LogP contribution >= 0.6 is 11.6 Å². The molecule has 2 rings (SSSR count). The molecule has 0 saturated carbocycles. The number of hydrogen-bond acceptors (Lipinski definition) is 2. The summed E-state index contributed by atoms with van der Waals surface area (Å²) in [6, 6.07) is 12.2.